The average Bonchev–Trinajstić information content (AvgIpc) is 3.14. The predicted molar refractivity (Wildman–Crippen MR) is 87.7 cm³/mol. The lowest BCUT2D eigenvalue weighted by atomic mass is 10.1. The average molecular weight is 324 g/mol. The molecule has 1 aliphatic rings. The number of carbonyl (C=O) groups excluding carboxylic acids is 1. The predicted octanol–water partition coefficient (Wildman–Crippen LogP) is 2.29. The first-order chi connectivity index (χ1) is 11.6. The number of carboxylic acid groups (broad SMARTS) is 1. The molecule has 4 rings (SSSR count). The Morgan fingerprint density at radius 2 is 2.12 bits per heavy atom. The van der Waals surface area contributed by atoms with Gasteiger partial charge in [0.1, 0.15) is 5.69 Å². The van der Waals surface area contributed by atoms with Gasteiger partial charge in [0.15, 0.2) is 0 Å². The van der Waals surface area contributed by atoms with E-state index in [9.17, 15) is 9.59 Å². The molecule has 1 aliphatic carbocycles. The molecule has 3 N–H and O–H groups in total. The second-order valence-corrected chi connectivity index (χ2v) is 6.02. The minimum absolute atomic E-state index is 0.127. The monoisotopic (exact) mass is 324 g/mol. The van der Waals surface area contributed by atoms with Crippen LogP contribution in [0.15, 0.2) is 30.6 Å². The van der Waals surface area contributed by atoms with Gasteiger partial charge in [-0.05, 0) is 42.5 Å². The molecule has 2 heterocycles. The summed E-state index contributed by atoms with van der Waals surface area (Å²) in [7, 11) is 1.58. The molecule has 0 atom stereocenters. The summed E-state index contributed by atoms with van der Waals surface area (Å²) in [4.78, 5) is 26.2. The van der Waals surface area contributed by atoms with Gasteiger partial charge in [-0.15, -0.1) is 0 Å². The van der Waals surface area contributed by atoms with Gasteiger partial charge in [0, 0.05) is 24.1 Å². The van der Waals surface area contributed by atoms with Crippen LogP contribution in [0.4, 0.5) is 0 Å². The van der Waals surface area contributed by atoms with E-state index in [0.717, 1.165) is 29.4 Å². The topological polar surface area (TPSA) is 100 Å². The molecule has 1 fully saturated rings. The van der Waals surface area contributed by atoms with Crippen molar-refractivity contribution in [2.75, 3.05) is 7.05 Å². The zero-order valence-electron chi connectivity index (χ0n) is 13.0. The lowest BCUT2D eigenvalue weighted by molar-refractivity contribution is 0.0696. The van der Waals surface area contributed by atoms with Crippen LogP contribution >= 0.6 is 0 Å². The number of rotatable bonds is 4. The summed E-state index contributed by atoms with van der Waals surface area (Å²) < 4.78 is 1.55. The smallest absolute Gasteiger partial charge is 0.338 e. The van der Waals surface area contributed by atoms with Crippen molar-refractivity contribution < 1.29 is 14.7 Å². The molecular weight excluding hydrogens is 308 g/mol. The minimum Gasteiger partial charge on any atom is -0.478 e. The van der Waals surface area contributed by atoms with Crippen molar-refractivity contribution in [3.8, 4) is 5.69 Å². The molecule has 24 heavy (non-hydrogen) atoms. The molecule has 1 aromatic carbocycles. The summed E-state index contributed by atoms with van der Waals surface area (Å²) >= 11 is 0. The van der Waals surface area contributed by atoms with Crippen molar-refractivity contribution in [1.82, 2.24) is 20.1 Å². The largest absolute Gasteiger partial charge is 0.478 e. The third kappa shape index (κ3) is 2.34. The van der Waals surface area contributed by atoms with Gasteiger partial charge in [0.25, 0.3) is 5.91 Å². The van der Waals surface area contributed by atoms with Gasteiger partial charge in [0.05, 0.1) is 17.4 Å². The maximum atomic E-state index is 11.9. The van der Waals surface area contributed by atoms with Gasteiger partial charge in [0.2, 0.25) is 0 Å². The van der Waals surface area contributed by atoms with E-state index in [4.69, 9.17) is 5.11 Å². The van der Waals surface area contributed by atoms with Gasteiger partial charge in [-0.2, -0.15) is 5.10 Å². The van der Waals surface area contributed by atoms with Gasteiger partial charge in [-0.25, -0.2) is 9.48 Å². The third-order valence-corrected chi connectivity index (χ3v) is 4.34. The van der Waals surface area contributed by atoms with Gasteiger partial charge in [-0.1, -0.05) is 0 Å². The number of hydrogen-bond acceptors (Lipinski definition) is 3. The van der Waals surface area contributed by atoms with Crippen molar-refractivity contribution in [2.45, 2.75) is 18.8 Å². The van der Waals surface area contributed by atoms with Crippen LogP contribution in [0, 0.1) is 0 Å². The highest BCUT2D eigenvalue weighted by Gasteiger charge is 2.25. The minimum atomic E-state index is -1.02. The molecule has 1 amide bonds. The van der Waals surface area contributed by atoms with E-state index in [-0.39, 0.29) is 11.5 Å². The van der Waals surface area contributed by atoms with Crippen LogP contribution in [0.25, 0.3) is 16.6 Å². The summed E-state index contributed by atoms with van der Waals surface area (Å²) in [5.74, 6) is -0.692. The highest BCUT2D eigenvalue weighted by atomic mass is 16.4. The molecule has 7 nitrogen and oxygen atoms in total. The molecule has 122 valence electrons. The number of hydrogen-bond donors (Lipinski definition) is 3. The van der Waals surface area contributed by atoms with Crippen molar-refractivity contribution in [3.05, 3.63) is 47.4 Å². The molecule has 0 aliphatic heterocycles. The van der Waals surface area contributed by atoms with Crippen molar-refractivity contribution in [1.29, 1.82) is 0 Å². The van der Waals surface area contributed by atoms with Crippen molar-refractivity contribution in [3.63, 3.8) is 0 Å². The standard InChI is InChI=1S/C17H16N4O3/c1-18-16(22)14-6-12-13(20-14)4-10(9-2-3-9)5-15(12)21-8-11(7-19-21)17(23)24/h4-9,20H,2-3H2,1H3,(H,18,22)(H,23,24). The first-order valence-electron chi connectivity index (χ1n) is 7.74. The maximum absolute atomic E-state index is 11.9. The Morgan fingerprint density at radius 1 is 1.33 bits per heavy atom. The van der Waals surface area contributed by atoms with E-state index in [1.165, 1.54) is 18.0 Å². The molecule has 0 spiro atoms. The first-order valence-corrected chi connectivity index (χ1v) is 7.74. The number of fused-ring (bicyclic) bond motifs is 1. The van der Waals surface area contributed by atoms with Crippen LogP contribution in [0.1, 0.15) is 45.2 Å². The highest BCUT2D eigenvalue weighted by Crippen LogP contribution is 2.42. The van der Waals surface area contributed by atoms with Crippen LogP contribution in [-0.2, 0) is 0 Å². The van der Waals surface area contributed by atoms with E-state index < -0.39 is 5.97 Å². The molecular formula is C17H16N4O3. The van der Waals surface area contributed by atoms with Crippen LogP contribution in [0.5, 0.6) is 0 Å². The van der Waals surface area contributed by atoms with Crippen LogP contribution in [0.2, 0.25) is 0 Å². The van der Waals surface area contributed by atoms with Gasteiger partial charge in [-0.3, -0.25) is 4.79 Å². The Labute approximate surface area is 137 Å². The molecule has 0 bridgehead atoms. The van der Waals surface area contributed by atoms with E-state index in [2.05, 4.69) is 21.5 Å². The number of H-pyrrole nitrogens is 1. The Balaban J connectivity index is 1.91. The molecule has 0 saturated heterocycles. The number of carboxylic acids is 1. The second kappa shape index (κ2) is 5.23. The Morgan fingerprint density at radius 3 is 2.75 bits per heavy atom. The molecule has 7 heteroatoms. The lowest BCUT2D eigenvalue weighted by Crippen LogP contribution is -2.17. The van der Waals surface area contributed by atoms with Gasteiger partial charge < -0.3 is 15.4 Å². The third-order valence-electron chi connectivity index (χ3n) is 4.34. The van der Waals surface area contributed by atoms with Crippen LogP contribution in [-0.4, -0.2) is 38.8 Å². The second-order valence-electron chi connectivity index (χ2n) is 6.02. The Hall–Kier alpha value is -3.09. The number of nitrogens with one attached hydrogen (secondary N) is 2. The number of aromatic nitrogens is 3. The molecule has 2 aromatic heterocycles. The highest BCUT2D eigenvalue weighted by molar-refractivity contribution is 6.00. The number of aromatic amines is 1. The summed E-state index contributed by atoms with van der Waals surface area (Å²) in [5.41, 5.74) is 3.39. The van der Waals surface area contributed by atoms with E-state index in [1.807, 2.05) is 6.07 Å². The molecule has 3 aromatic rings. The normalized spacial score (nSPS) is 14.0. The fourth-order valence-electron chi connectivity index (χ4n) is 2.90. The van der Waals surface area contributed by atoms with Gasteiger partial charge >= 0.3 is 5.97 Å². The first kappa shape index (κ1) is 14.5. The SMILES string of the molecule is CNC(=O)c1cc2c(-n3cc(C(=O)O)cn3)cc(C3CC3)cc2[nH]1. The zero-order chi connectivity index (χ0) is 16.8. The number of amides is 1. The Kier molecular flexibility index (Phi) is 3.16. The van der Waals surface area contributed by atoms with Crippen molar-refractivity contribution >= 4 is 22.8 Å². The summed E-state index contributed by atoms with van der Waals surface area (Å²) in [6.07, 6.45) is 5.10. The summed E-state index contributed by atoms with van der Waals surface area (Å²) in [6.45, 7) is 0. The van der Waals surface area contributed by atoms with Crippen molar-refractivity contribution in [2.24, 2.45) is 0 Å². The number of carbonyl (C=O) groups is 2. The quantitative estimate of drug-likeness (QED) is 0.685. The van der Waals surface area contributed by atoms with E-state index in [0.29, 0.717) is 11.6 Å². The van der Waals surface area contributed by atoms with Crippen LogP contribution in [0.3, 0.4) is 0 Å². The summed E-state index contributed by atoms with van der Waals surface area (Å²) in [6, 6.07) is 5.85. The number of nitrogens with zero attached hydrogens (tertiary/aromatic N) is 2. The number of aromatic carboxylic acids is 1. The zero-order valence-corrected chi connectivity index (χ0v) is 13.0. The fourth-order valence-corrected chi connectivity index (χ4v) is 2.90. The molecule has 0 radical (unpaired) electrons. The lowest BCUT2D eigenvalue weighted by Gasteiger charge is -2.07. The van der Waals surface area contributed by atoms with E-state index >= 15 is 0 Å². The Bertz CT molecular complexity index is 966. The molecule has 1 saturated carbocycles. The number of benzene rings is 1. The molecule has 0 unspecified atom stereocenters. The van der Waals surface area contributed by atoms with E-state index in [1.54, 1.807) is 17.8 Å². The fraction of sp³-hybridized carbons (Fsp3) is 0.235. The maximum Gasteiger partial charge on any atom is 0.338 e. The van der Waals surface area contributed by atoms with Crippen LogP contribution < -0.4 is 5.32 Å². The summed E-state index contributed by atoms with van der Waals surface area (Å²) in [5, 5.41) is 16.7.